The largest absolute Gasteiger partial charge is 0.508 e. The molecule has 1 aromatic carbocycles. The standard InChI is InChI=1S/C12H17NO2/c1-13(2)11-6-5-10(14)7-12(11)15-8-9-3-4-9/h5-7,9,14H,3-4,8H2,1-2H3. The van der Waals surface area contributed by atoms with Crippen LogP contribution in [0.4, 0.5) is 5.69 Å². The number of aromatic hydroxyl groups is 1. The Morgan fingerprint density at radius 2 is 2.13 bits per heavy atom. The van der Waals surface area contributed by atoms with E-state index in [2.05, 4.69) is 0 Å². The Morgan fingerprint density at radius 1 is 1.40 bits per heavy atom. The number of benzene rings is 1. The average molecular weight is 207 g/mol. The number of rotatable bonds is 4. The molecule has 2 rings (SSSR count). The molecule has 1 saturated carbocycles. The summed E-state index contributed by atoms with van der Waals surface area (Å²) in [4.78, 5) is 1.99. The Hall–Kier alpha value is -1.38. The second-order valence-electron chi connectivity index (χ2n) is 4.30. The van der Waals surface area contributed by atoms with Gasteiger partial charge in [-0.25, -0.2) is 0 Å². The van der Waals surface area contributed by atoms with Gasteiger partial charge in [0.1, 0.15) is 11.5 Å². The van der Waals surface area contributed by atoms with Gasteiger partial charge in [-0.2, -0.15) is 0 Å². The smallest absolute Gasteiger partial charge is 0.146 e. The molecular formula is C12H17NO2. The zero-order chi connectivity index (χ0) is 10.8. The van der Waals surface area contributed by atoms with Crippen molar-refractivity contribution in [2.45, 2.75) is 12.8 Å². The van der Waals surface area contributed by atoms with Gasteiger partial charge in [0.25, 0.3) is 0 Å². The Kier molecular flexibility index (Phi) is 2.71. The third-order valence-corrected chi connectivity index (χ3v) is 2.60. The molecule has 0 saturated heterocycles. The maximum Gasteiger partial charge on any atom is 0.146 e. The molecule has 0 atom stereocenters. The van der Waals surface area contributed by atoms with Gasteiger partial charge in [0.05, 0.1) is 12.3 Å². The maximum atomic E-state index is 9.40. The van der Waals surface area contributed by atoms with Gasteiger partial charge in [-0.05, 0) is 30.9 Å². The summed E-state index contributed by atoms with van der Waals surface area (Å²) in [5, 5.41) is 9.40. The predicted octanol–water partition coefficient (Wildman–Crippen LogP) is 2.25. The highest BCUT2D eigenvalue weighted by atomic mass is 16.5. The number of phenolic OH excluding ortho intramolecular Hbond substituents is 1. The van der Waals surface area contributed by atoms with E-state index in [1.807, 2.05) is 25.1 Å². The van der Waals surface area contributed by atoms with Crippen LogP contribution in [0.15, 0.2) is 18.2 Å². The second kappa shape index (κ2) is 4.01. The summed E-state index contributed by atoms with van der Waals surface area (Å²) in [5.41, 5.74) is 1.01. The number of hydrogen-bond donors (Lipinski definition) is 1. The fourth-order valence-electron chi connectivity index (χ4n) is 1.48. The highest BCUT2D eigenvalue weighted by molar-refractivity contribution is 5.59. The Morgan fingerprint density at radius 3 is 2.73 bits per heavy atom. The molecule has 3 nitrogen and oxygen atoms in total. The van der Waals surface area contributed by atoms with Crippen molar-refractivity contribution in [3.8, 4) is 11.5 Å². The molecule has 0 spiro atoms. The van der Waals surface area contributed by atoms with Crippen molar-refractivity contribution in [3.63, 3.8) is 0 Å². The fraction of sp³-hybridized carbons (Fsp3) is 0.500. The first kappa shape index (κ1) is 10.1. The van der Waals surface area contributed by atoms with Crippen molar-refractivity contribution in [2.24, 2.45) is 5.92 Å². The third kappa shape index (κ3) is 2.55. The average Bonchev–Trinajstić information content (AvgIpc) is 2.97. The van der Waals surface area contributed by atoms with Crippen LogP contribution in [-0.2, 0) is 0 Å². The van der Waals surface area contributed by atoms with Crippen LogP contribution in [0.25, 0.3) is 0 Å². The maximum absolute atomic E-state index is 9.40. The SMILES string of the molecule is CN(C)c1ccc(O)cc1OCC1CC1. The minimum absolute atomic E-state index is 0.256. The van der Waals surface area contributed by atoms with Gasteiger partial charge in [0.2, 0.25) is 0 Å². The lowest BCUT2D eigenvalue weighted by atomic mass is 10.2. The number of anilines is 1. The minimum atomic E-state index is 0.256. The van der Waals surface area contributed by atoms with Crippen LogP contribution < -0.4 is 9.64 Å². The Labute approximate surface area is 90.3 Å². The van der Waals surface area contributed by atoms with Gasteiger partial charge in [-0.15, -0.1) is 0 Å². The fourth-order valence-corrected chi connectivity index (χ4v) is 1.48. The lowest BCUT2D eigenvalue weighted by Gasteiger charge is -2.17. The third-order valence-electron chi connectivity index (χ3n) is 2.60. The highest BCUT2D eigenvalue weighted by Gasteiger charge is 2.22. The number of nitrogens with zero attached hydrogens (tertiary/aromatic N) is 1. The molecular weight excluding hydrogens is 190 g/mol. The van der Waals surface area contributed by atoms with Crippen molar-refractivity contribution >= 4 is 5.69 Å². The van der Waals surface area contributed by atoms with Gasteiger partial charge in [-0.3, -0.25) is 0 Å². The molecule has 1 aromatic rings. The summed E-state index contributed by atoms with van der Waals surface area (Å²) in [7, 11) is 3.94. The van der Waals surface area contributed by atoms with Gasteiger partial charge >= 0.3 is 0 Å². The molecule has 0 aliphatic heterocycles. The molecule has 0 bridgehead atoms. The summed E-state index contributed by atoms with van der Waals surface area (Å²) in [5.74, 6) is 1.75. The molecule has 0 radical (unpaired) electrons. The predicted molar refractivity (Wildman–Crippen MR) is 60.7 cm³/mol. The van der Waals surface area contributed by atoms with E-state index in [0.717, 1.165) is 24.0 Å². The second-order valence-corrected chi connectivity index (χ2v) is 4.30. The quantitative estimate of drug-likeness (QED) is 0.822. The van der Waals surface area contributed by atoms with E-state index in [4.69, 9.17) is 4.74 Å². The van der Waals surface area contributed by atoms with E-state index < -0.39 is 0 Å². The Balaban J connectivity index is 2.13. The van der Waals surface area contributed by atoms with E-state index in [-0.39, 0.29) is 5.75 Å². The van der Waals surface area contributed by atoms with Crippen molar-refractivity contribution in [3.05, 3.63) is 18.2 Å². The normalized spacial score (nSPS) is 15.1. The van der Waals surface area contributed by atoms with Gasteiger partial charge in [0.15, 0.2) is 0 Å². The van der Waals surface area contributed by atoms with Crippen LogP contribution in [0.1, 0.15) is 12.8 Å². The van der Waals surface area contributed by atoms with Crippen molar-refractivity contribution in [1.82, 2.24) is 0 Å². The molecule has 3 heteroatoms. The number of phenols is 1. The number of ether oxygens (including phenoxy) is 1. The highest BCUT2D eigenvalue weighted by Crippen LogP contribution is 2.34. The topological polar surface area (TPSA) is 32.7 Å². The Bertz CT molecular complexity index is 345. The van der Waals surface area contributed by atoms with E-state index in [0.29, 0.717) is 0 Å². The molecule has 1 aliphatic carbocycles. The zero-order valence-electron chi connectivity index (χ0n) is 9.23. The van der Waals surface area contributed by atoms with Crippen LogP contribution in [-0.4, -0.2) is 25.8 Å². The zero-order valence-corrected chi connectivity index (χ0v) is 9.23. The van der Waals surface area contributed by atoms with E-state index in [1.165, 1.54) is 12.8 Å². The molecule has 1 aliphatic rings. The van der Waals surface area contributed by atoms with Gasteiger partial charge in [0, 0.05) is 20.2 Å². The molecule has 15 heavy (non-hydrogen) atoms. The van der Waals surface area contributed by atoms with Gasteiger partial charge in [-0.1, -0.05) is 0 Å². The first-order valence-electron chi connectivity index (χ1n) is 5.30. The first-order valence-corrected chi connectivity index (χ1v) is 5.30. The van der Waals surface area contributed by atoms with Crippen LogP contribution in [0.3, 0.4) is 0 Å². The lowest BCUT2D eigenvalue weighted by Crippen LogP contribution is -2.11. The van der Waals surface area contributed by atoms with Gasteiger partial charge < -0.3 is 14.7 Å². The molecule has 0 aromatic heterocycles. The van der Waals surface area contributed by atoms with Crippen LogP contribution in [0.5, 0.6) is 11.5 Å². The summed E-state index contributed by atoms with van der Waals surface area (Å²) in [6, 6.07) is 5.23. The van der Waals surface area contributed by atoms with E-state index >= 15 is 0 Å². The van der Waals surface area contributed by atoms with Crippen molar-refractivity contribution in [1.29, 1.82) is 0 Å². The summed E-state index contributed by atoms with van der Waals surface area (Å²) in [6.07, 6.45) is 2.55. The molecule has 0 amide bonds. The molecule has 1 N–H and O–H groups in total. The monoisotopic (exact) mass is 207 g/mol. The van der Waals surface area contributed by atoms with Crippen LogP contribution in [0.2, 0.25) is 0 Å². The summed E-state index contributed by atoms with van der Waals surface area (Å²) >= 11 is 0. The minimum Gasteiger partial charge on any atom is -0.508 e. The first-order chi connectivity index (χ1) is 7.16. The molecule has 0 heterocycles. The molecule has 0 unspecified atom stereocenters. The van der Waals surface area contributed by atoms with E-state index in [1.54, 1.807) is 12.1 Å². The summed E-state index contributed by atoms with van der Waals surface area (Å²) in [6.45, 7) is 0.768. The van der Waals surface area contributed by atoms with Crippen molar-refractivity contribution < 1.29 is 9.84 Å². The van der Waals surface area contributed by atoms with Crippen molar-refractivity contribution in [2.75, 3.05) is 25.6 Å². The van der Waals surface area contributed by atoms with E-state index in [9.17, 15) is 5.11 Å². The lowest BCUT2D eigenvalue weighted by molar-refractivity contribution is 0.299. The summed E-state index contributed by atoms with van der Waals surface area (Å²) < 4.78 is 5.70. The number of hydrogen-bond acceptors (Lipinski definition) is 3. The molecule has 82 valence electrons. The molecule has 1 fully saturated rings. The van der Waals surface area contributed by atoms with Crippen LogP contribution >= 0.6 is 0 Å². The van der Waals surface area contributed by atoms with Crippen LogP contribution in [0, 0.1) is 5.92 Å².